The summed E-state index contributed by atoms with van der Waals surface area (Å²) in [4.78, 5) is 2.37. The van der Waals surface area contributed by atoms with Crippen molar-refractivity contribution in [2.45, 2.75) is 31.8 Å². The van der Waals surface area contributed by atoms with Crippen LogP contribution in [-0.2, 0) is 0 Å². The average molecular weight is 248 g/mol. The van der Waals surface area contributed by atoms with Crippen molar-refractivity contribution in [2.75, 3.05) is 26.2 Å². The molecule has 1 aliphatic heterocycles. The van der Waals surface area contributed by atoms with Gasteiger partial charge in [0.2, 0.25) is 0 Å². The van der Waals surface area contributed by atoms with Gasteiger partial charge in [0, 0.05) is 25.2 Å². The number of aliphatic hydroxyl groups excluding tert-OH is 1. The van der Waals surface area contributed by atoms with Crippen LogP contribution in [-0.4, -0.2) is 42.3 Å². The van der Waals surface area contributed by atoms with Crippen LogP contribution in [0, 0.1) is 0 Å². The van der Waals surface area contributed by atoms with Gasteiger partial charge in [-0.3, -0.25) is 4.90 Å². The summed E-state index contributed by atoms with van der Waals surface area (Å²) >= 11 is 0. The van der Waals surface area contributed by atoms with Gasteiger partial charge in [0.1, 0.15) is 0 Å². The van der Waals surface area contributed by atoms with E-state index in [4.69, 9.17) is 0 Å². The van der Waals surface area contributed by atoms with E-state index in [2.05, 4.69) is 41.4 Å². The van der Waals surface area contributed by atoms with E-state index in [0.29, 0.717) is 12.1 Å². The average Bonchev–Trinajstić information content (AvgIpc) is 2.91. The molecule has 0 amide bonds. The maximum Gasteiger partial charge on any atom is 0.0558 e. The molecule has 3 heteroatoms. The molecule has 1 aromatic rings. The maximum atomic E-state index is 9.24. The van der Waals surface area contributed by atoms with Crippen LogP contribution in [0.15, 0.2) is 30.3 Å². The maximum absolute atomic E-state index is 9.24. The fraction of sp³-hybridized carbons (Fsp3) is 0.600. The van der Waals surface area contributed by atoms with E-state index in [1.165, 1.54) is 18.4 Å². The zero-order chi connectivity index (χ0) is 12.8. The second-order valence-electron chi connectivity index (χ2n) is 5.10. The summed E-state index contributed by atoms with van der Waals surface area (Å²) in [6.45, 7) is 5.35. The third-order valence-electron chi connectivity index (χ3n) is 3.83. The molecule has 1 aliphatic rings. The summed E-state index contributed by atoms with van der Waals surface area (Å²) in [6, 6.07) is 11.5. The van der Waals surface area contributed by atoms with Crippen molar-refractivity contribution in [3.8, 4) is 0 Å². The van der Waals surface area contributed by atoms with Crippen LogP contribution in [0.4, 0.5) is 0 Å². The normalized spacial score (nSPS) is 21.4. The molecule has 0 saturated carbocycles. The monoisotopic (exact) mass is 248 g/mol. The van der Waals surface area contributed by atoms with Crippen LogP contribution in [0.25, 0.3) is 0 Å². The largest absolute Gasteiger partial charge is 0.395 e. The Morgan fingerprint density at radius 3 is 2.78 bits per heavy atom. The molecule has 2 rings (SSSR count). The highest BCUT2D eigenvalue weighted by molar-refractivity contribution is 5.18. The van der Waals surface area contributed by atoms with E-state index < -0.39 is 0 Å². The lowest BCUT2D eigenvalue weighted by atomic mass is 10.1. The van der Waals surface area contributed by atoms with Crippen molar-refractivity contribution < 1.29 is 5.11 Å². The molecule has 0 aromatic heterocycles. The van der Waals surface area contributed by atoms with Gasteiger partial charge in [-0.15, -0.1) is 0 Å². The molecule has 2 atom stereocenters. The Balaban J connectivity index is 1.99. The minimum Gasteiger partial charge on any atom is -0.395 e. The highest BCUT2D eigenvalue weighted by Crippen LogP contribution is 2.21. The van der Waals surface area contributed by atoms with Gasteiger partial charge >= 0.3 is 0 Å². The third-order valence-corrected chi connectivity index (χ3v) is 3.83. The molecule has 0 spiro atoms. The first kappa shape index (κ1) is 13.5. The lowest BCUT2D eigenvalue weighted by Gasteiger charge is -2.31. The lowest BCUT2D eigenvalue weighted by molar-refractivity contribution is 0.147. The van der Waals surface area contributed by atoms with Gasteiger partial charge in [-0.25, -0.2) is 0 Å². The number of hydrogen-bond donors (Lipinski definition) is 2. The summed E-state index contributed by atoms with van der Waals surface area (Å²) in [5.74, 6) is 0. The molecule has 18 heavy (non-hydrogen) atoms. The van der Waals surface area contributed by atoms with Crippen LogP contribution in [0.2, 0.25) is 0 Å². The van der Waals surface area contributed by atoms with Crippen molar-refractivity contribution in [3.63, 3.8) is 0 Å². The first-order chi connectivity index (χ1) is 8.81. The SMILES string of the molecule is CC(c1ccccc1)N(CCO)CC1CCCN1. The molecule has 0 aliphatic carbocycles. The van der Waals surface area contributed by atoms with Crippen molar-refractivity contribution in [2.24, 2.45) is 0 Å². The standard InChI is InChI=1S/C15H24N2O/c1-13(14-6-3-2-4-7-14)17(10-11-18)12-15-8-5-9-16-15/h2-4,6-7,13,15-16,18H,5,8-12H2,1H3. The molecule has 1 fully saturated rings. The Kier molecular flexibility index (Phi) is 5.17. The number of nitrogens with one attached hydrogen (secondary N) is 1. The topological polar surface area (TPSA) is 35.5 Å². The molecule has 100 valence electrons. The zero-order valence-electron chi connectivity index (χ0n) is 11.2. The Morgan fingerprint density at radius 2 is 2.17 bits per heavy atom. The van der Waals surface area contributed by atoms with Crippen LogP contribution in [0.3, 0.4) is 0 Å². The number of nitrogens with zero attached hydrogens (tertiary/aromatic N) is 1. The van der Waals surface area contributed by atoms with Gasteiger partial charge in [-0.1, -0.05) is 30.3 Å². The Bertz CT molecular complexity index is 336. The number of aliphatic hydroxyl groups is 1. The summed E-state index contributed by atoms with van der Waals surface area (Å²) in [5, 5.41) is 12.8. The van der Waals surface area contributed by atoms with Crippen LogP contribution in [0.1, 0.15) is 31.4 Å². The van der Waals surface area contributed by atoms with E-state index >= 15 is 0 Å². The van der Waals surface area contributed by atoms with E-state index in [1.807, 2.05) is 6.07 Å². The minimum absolute atomic E-state index is 0.226. The van der Waals surface area contributed by atoms with Crippen molar-refractivity contribution >= 4 is 0 Å². The highest BCUT2D eigenvalue weighted by Gasteiger charge is 2.21. The summed E-state index contributed by atoms with van der Waals surface area (Å²) in [5.41, 5.74) is 1.32. The first-order valence-electron chi connectivity index (χ1n) is 6.94. The smallest absolute Gasteiger partial charge is 0.0558 e. The second kappa shape index (κ2) is 6.88. The summed E-state index contributed by atoms with van der Waals surface area (Å²) < 4.78 is 0. The van der Waals surface area contributed by atoms with E-state index in [1.54, 1.807) is 0 Å². The molecular formula is C15H24N2O. The van der Waals surface area contributed by atoms with Gasteiger partial charge in [-0.2, -0.15) is 0 Å². The van der Waals surface area contributed by atoms with E-state index in [-0.39, 0.29) is 6.61 Å². The van der Waals surface area contributed by atoms with E-state index in [9.17, 15) is 5.11 Å². The molecule has 2 N–H and O–H groups in total. The van der Waals surface area contributed by atoms with Gasteiger partial charge in [-0.05, 0) is 31.9 Å². The minimum atomic E-state index is 0.226. The lowest BCUT2D eigenvalue weighted by Crippen LogP contribution is -2.40. The summed E-state index contributed by atoms with van der Waals surface area (Å²) in [7, 11) is 0. The van der Waals surface area contributed by atoms with Gasteiger partial charge in [0.05, 0.1) is 6.61 Å². The molecule has 0 radical (unpaired) electrons. The van der Waals surface area contributed by atoms with Gasteiger partial charge < -0.3 is 10.4 Å². The molecule has 1 saturated heterocycles. The highest BCUT2D eigenvalue weighted by atomic mass is 16.3. The Morgan fingerprint density at radius 1 is 1.39 bits per heavy atom. The van der Waals surface area contributed by atoms with Crippen LogP contribution >= 0.6 is 0 Å². The fourth-order valence-electron chi connectivity index (χ4n) is 2.71. The fourth-order valence-corrected chi connectivity index (χ4v) is 2.71. The van der Waals surface area contributed by atoms with Gasteiger partial charge in [0.25, 0.3) is 0 Å². The van der Waals surface area contributed by atoms with Gasteiger partial charge in [0.15, 0.2) is 0 Å². The van der Waals surface area contributed by atoms with Crippen molar-refractivity contribution in [1.82, 2.24) is 10.2 Å². The predicted molar refractivity (Wildman–Crippen MR) is 74.5 cm³/mol. The third kappa shape index (κ3) is 3.55. The number of rotatable bonds is 6. The Hall–Kier alpha value is -0.900. The molecule has 1 heterocycles. The molecule has 0 bridgehead atoms. The number of hydrogen-bond acceptors (Lipinski definition) is 3. The molecular weight excluding hydrogens is 224 g/mol. The second-order valence-corrected chi connectivity index (χ2v) is 5.10. The first-order valence-corrected chi connectivity index (χ1v) is 6.94. The Labute approximate surface area is 110 Å². The molecule has 2 unspecified atom stereocenters. The predicted octanol–water partition coefficient (Wildman–Crippen LogP) is 1.79. The van der Waals surface area contributed by atoms with Crippen LogP contribution < -0.4 is 5.32 Å². The summed E-state index contributed by atoms with van der Waals surface area (Å²) in [6.07, 6.45) is 2.53. The molecule has 1 aromatic carbocycles. The number of benzene rings is 1. The van der Waals surface area contributed by atoms with Crippen LogP contribution in [0.5, 0.6) is 0 Å². The molecule has 3 nitrogen and oxygen atoms in total. The zero-order valence-corrected chi connectivity index (χ0v) is 11.2. The van der Waals surface area contributed by atoms with Crippen molar-refractivity contribution in [3.05, 3.63) is 35.9 Å². The van der Waals surface area contributed by atoms with Crippen molar-refractivity contribution in [1.29, 1.82) is 0 Å². The quantitative estimate of drug-likeness (QED) is 0.806. The van der Waals surface area contributed by atoms with E-state index in [0.717, 1.165) is 19.6 Å².